The fourth-order valence-corrected chi connectivity index (χ4v) is 2.57. The molecule has 0 heterocycles. The molecule has 0 aromatic heterocycles. The number of anilines is 1. The van der Waals surface area contributed by atoms with Gasteiger partial charge in [-0.1, -0.05) is 74.5 Å². The average molecular weight is 359 g/mol. The van der Waals surface area contributed by atoms with Gasteiger partial charge in [0.1, 0.15) is 0 Å². The van der Waals surface area contributed by atoms with Crippen LogP contribution in [0.1, 0.15) is 35.3 Å². The van der Waals surface area contributed by atoms with Gasteiger partial charge in [-0.3, -0.25) is 0 Å². The fourth-order valence-electron chi connectivity index (χ4n) is 2.57. The SMILES string of the molecule is CC.O=C(O)c1ccc(NC/C(=C/c2ccccc2)c2ccccc2)cc1. The summed E-state index contributed by atoms with van der Waals surface area (Å²) in [6, 6.07) is 27.2. The molecule has 0 radical (unpaired) electrons. The lowest BCUT2D eigenvalue weighted by Crippen LogP contribution is -2.05. The summed E-state index contributed by atoms with van der Waals surface area (Å²) in [4.78, 5) is 10.9. The van der Waals surface area contributed by atoms with Crippen molar-refractivity contribution in [3.05, 3.63) is 102 Å². The van der Waals surface area contributed by atoms with E-state index in [0.29, 0.717) is 6.54 Å². The fraction of sp³-hybridized carbons (Fsp3) is 0.125. The van der Waals surface area contributed by atoms with Gasteiger partial charge in [0.25, 0.3) is 0 Å². The van der Waals surface area contributed by atoms with Crippen LogP contribution in [0.4, 0.5) is 5.69 Å². The molecule has 0 aliphatic heterocycles. The molecule has 3 aromatic rings. The highest BCUT2D eigenvalue weighted by atomic mass is 16.4. The summed E-state index contributed by atoms with van der Waals surface area (Å²) in [7, 11) is 0. The second-order valence-electron chi connectivity index (χ2n) is 5.68. The van der Waals surface area contributed by atoms with Crippen LogP contribution < -0.4 is 5.32 Å². The molecule has 0 atom stereocenters. The molecule has 3 aromatic carbocycles. The van der Waals surface area contributed by atoms with Gasteiger partial charge < -0.3 is 10.4 Å². The summed E-state index contributed by atoms with van der Waals surface area (Å²) >= 11 is 0. The van der Waals surface area contributed by atoms with Crippen molar-refractivity contribution >= 4 is 23.3 Å². The van der Waals surface area contributed by atoms with Crippen molar-refractivity contribution in [2.45, 2.75) is 13.8 Å². The summed E-state index contributed by atoms with van der Waals surface area (Å²) in [6.07, 6.45) is 2.16. The van der Waals surface area contributed by atoms with E-state index in [4.69, 9.17) is 5.11 Å². The Morgan fingerprint density at radius 2 is 1.37 bits per heavy atom. The molecule has 0 fully saturated rings. The molecular weight excluding hydrogens is 334 g/mol. The van der Waals surface area contributed by atoms with Crippen LogP contribution in [0.5, 0.6) is 0 Å². The normalized spacial score (nSPS) is 10.5. The zero-order chi connectivity index (χ0) is 19.5. The molecule has 3 heteroatoms. The molecule has 0 spiro atoms. The largest absolute Gasteiger partial charge is 0.478 e. The third kappa shape index (κ3) is 6.15. The lowest BCUT2D eigenvalue weighted by Gasteiger charge is -2.11. The first-order valence-electron chi connectivity index (χ1n) is 9.10. The Labute approximate surface area is 161 Å². The molecule has 0 aliphatic rings. The third-order valence-corrected chi connectivity index (χ3v) is 3.90. The van der Waals surface area contributed by atoms with E-state index in [1.54, 1.807) is 24.3 Å². The second-order valence-corrected chi connectivity index (χ2v) is 5.68. The van der Waals surface area contributed by atoms with E-state index in [2.05, 4.69) is 35.7 Å². The number of hydrogen-bond donors (Lipinski definition) is 2. The summed E-state index contributed by atoms with van der Waals surface area (Å²) in [5.41, 5.74) is 4.63. The zero-order valence-electron chi connectivity index (χ0n) is 15.7. The number of nitrogens with one attached hydrogen (secondary N) is 1. The first-order chi connectivity index (χ1) is 13.2. The van der Waals surface area contributed by atoms with Crippen molar-refractivity contribution in [3.63, 3.8) is 0 Å². The third-order valence-electron chi connectivity index (χ3n) is 3.90. The molecule has 2 N–H and O–H groups in total. The van der Waals surface area contributed by atoms with Gasteiger partial charge in [-0.05, 0) is 47.0 Å². The first kappa shape index (κ1) is 20.0. The average Bonchev–Trinajstić information content (AvgIpc) is 2.74. The maximum Gasteiger partial charge on any atom is 0.335 e. The van der Waals surface area contributed by atoms with Crippen LogP contribution in [-0.4, -0.2) is 17.6 Å². The maximum atomic E-state index is 10.9. The minimum absolute atomic E-state index is 0.286. The lowest BCUT2D eigenvalue weighted by molar-refractivity contribution is 0.0697. The molecule has 0 aliphatic carbocycles. The number of hydrogen-bond acceptors (Lipinski definition) is 2. The molecule has 27 heavy (non-hydrogen) atoms. The summed E-state index contributed by atoms with van der Waals surface area (Å²) in [5, 5.41) is 12.3. The Kier molecular flexibility index (Phi) is 7.86. The van der Waals surface area contributed by atoms with Crippen LogP contribution >= 0.6 is 0 Å². The summed E-state index contributed by atoms with van der Waals surface area (Å²) in [5.74, 6) is -0.916. The van der Waals surface area contributed by atoms with E-state index in [0.717, 1.165) is 22.4 Å². The predicted octanol–water partition coefficient (Wildman–Crippen LogP) is 6.06. The van der Waals surface area contributed by atoms with Crippen molar-refractivity contribution in [1.82, 2.24) is 0 Å². The minimum atomic E-state index is -0.916. The van der Waals surface area contributed by atoms with Crippen molar-refractivity contribution < 1.29 is 9.90 Å². The van der Waals surface area contributed by atoms with Gasteiger partial charge in [0.05, 0.1) is 5.56 Å². The highest BCUT2D eigenvalue weighted by molar-refractivity contribution is 5.88. The standard InChI is InChI=1S/C22H19NO2.C2H6/c24-22(25)19-11-13-21(14-12-19)23-16-20(18-9-5-2-6-10-18)15-17-7-3-1-4-8-17;1-2/h1-15,23H,16H2,(H,24,25);1-2H3/b20-15-;. The Morgan fingerprint density at radius 3 is 1.93 bits per heavy atom. The van der Waals surface area contributed by atoms with Gasteiger partial charge in [0.15, 0.2) is 0 Å². The topological polar surface area (TPSA) is 49.3 Å². The molecular formula is C24H25NO2. The number of carbonyl (C=O) groups is 1. The van der Waals surface area contributed by atoms with E-state index in [-0.39, 0.29) is 5.56 Å². The Balaban J connectivity index is 0.00000126. The number of rotatable bonds is 6. The van der Waals surface area contributed by atoms with Crippen molar-refractivity contribution in [1.29, 1.82) is 0 Å². The Morgan fingerprint density at radius 1 is 0.815 bits per heavy atom. The van der Waals surface area contributed by atoms with Crippen LogP contribution in [-0.2, 0) is 0 Å². The zero-order valence-corrected chi connectivity index (χ0v) is 15.7. The molecule has 138 valence electrons. The van der Waals surface area contributed by atoms with Crippen molar-refractivity contribution in [2.75, 3.05) is 11.9 Å². The van der Waals surface area contributed by atoms with Crippen molar-refractivity contribution in [2.24, 2.45) is 0 Å². The quantitative estimate of drug-likeness (QED) is 0.526. The van der Waals surface area contributed by atoms with E-state index in [1.165, 1.54) is 0 Å². The predicted molar refractivity (Wildman–Crippen MR) is 114 cm³/mol. The van der Waals surface area contributed by atoms with Gasteiger partial charge in [0.2, 0.25) is 0 Å². The molecule has 3 nitrogen and oxygen atoms in total. The number of aromatic carboxylic acids is 1. The number of carboxylic acids is 1. The highest BCUT2D eigenvalue weighted by Gasteiger charge is 2.04. The summed E-state index contributed by atoms with van der Waals surface area (Å²) in [6.45, 7) is 4.64. The summed E-state index contributed by atoms with van der Waals surface area (Å²) < 4.78 is 0. The Hall–Kier alpha value is -3.33. The Bertz CT molecular complexity index is 854. The van der Waals surface area contributed by atoms with E-state index in [1.807, 2.05) is 50.2 Å². The highest BCUT2D eigenvalue weighted by Crippen LogP contribution is 2.19. The van der Waals surface area contributed by atoms with Crippen LogP contribution in [0.25, 0.3) is 11.6 Å². The molecule has 0 saturated heterocycles. The van der Waals surface area contributed by atoms with E-state index < -0.39 is 5.97 Å². The first-order valence-corrected chi connectivity index (χ1v) is 9.10. The molecule has 0 unspecified atom stereocenters. The molecule has 3 rings (SSSR count). The number of benzene rings is 3. The van der Waals surface area contributed by atoms with Crippen LogP contribution in [0.15, 0.2) is 84.9 Å². The molecule has 0 bridgehead atoms. The molecule has 0 saturated carbocycles. The lowest BCUT2D eigenvalue weighted by atomic mass is 10.0. The monoisotopic (exact) mass is 359 g/mol. The van der Waals surface area contributed by atoms with E-state index >= 15 is 0 Å². The van der Waals surface area contributed by atoms with Crippen LogP contribution in [0, 0.1) is 0 Å². The maximum absolute atomic E-state index is 10.9. The minimum Gasteiger partial charge on any atom is -0.478 e. The second kappa shape index (κ2) is 10.6. The number of carboxylic acid groups (broad SMARTS) is 1. The van der Waals surface area contributed by atoms with Crippen LogP contribution in [0.3, 0.4) is 0 Å². The van der Waals surface area contributed by atoms with Gasteiger partial charge in [-0.15, -0.1) is 0 Å². The van der Waals surface area contributed by atoms with Gasteiger partial charge in [-0.25, -0.2) is 4.79 Å². The van der Waals surface area contributed by atoms with Crippen molar-refractivity contribution in [3.8, 4) is 0 Å². The smallest absolute Gasteiger partial charge is 0.335 e. The van der Waals surface area contributed by atoms with Gasteiger partial charge >= 0.3 is 5.97 Å². The van der Waals surface area contributed by atoms with E-state index in [9.17, 15) is 4.79 Å². The molecule has 0 amide bonds. The van der Waals surface area contributed by atoms with Crippen LogP contribution in [0.2, 0.25) is 0 Å². The van der Waals surface area contributed by atoms with Gasteiger partial charge in [0, 0.05) is 12.2 Å². The van der Waals surface area contributed by atoms with Gasteiger partial charge in [-0.2, -0.15) is 0 Å².